The summed E-state index contributed by atoms with van der Waals surface area (Å²) in [5.41, 5.74) is 0.432. The average Bonchev–Trinajstić information content (AvgIpc) is 3.52. The molecule has 4 rings (SSSR count). The first-order chi connectivity index (χ1) is 16.8. The third-order valence-corrected chi connectivity index (χ3v) is 7.95. The average molecular weight is 502 g/mol. The lowest BCUT2D eigenvalue weighted by Gasteiger charge is -2.20. The molecule has 0 unspecified atom stereocenters. The first-order valence-corrected chi connectivity index (χ1v) is 12.4. The molecule has 3 heterocycles. The standard InChI is InChI=1S/C23H24FN5O5S/c1-14(22-25-11-16(24)12-26-22)15(2)35(30,31)13-20-27-28-23(19-9-6-10-34-19)29(20)21-17(32-3)7-5-8-18(21)33-4/h5-12,14-15H,13H2,1-4H3/t14-,15+/m0/s1. The van der Waals surface area contributed by atoms with Crippen LogP contribution in [0.15, 0.2) is 53.4 Å². The van der Waals surface area contributed by atoms with Crippen molar-refractivity contribution in [2.75, 3.05) is 14.2 Å². The molecule has 2 atom stereocenters. The van der Waals surface area contributed by atoms with Crippen molar-refractivity contribution >= 4 is 9.84 Å². The van der Waals surface area contributed by atoms with Gasteiger partial charge in [-0.2, -0.15) is 0 Å². The molecule has 0 bridgehead atoms. The Morgan fingerprint density at radius 2 is 1.69 bits per heavy atom. The van der Waals surface area contributed by atoms with Gasteiger partial charge in [-0.15, -0.1) is 10.2 Å². The number of aromatic nitrogens is 5. The number of rotatable bonds is 9. The van der Waals surface area contributed by atoms with E-state index in [1.165, 1.54) is 20.5 Å². The van der Waals surface area contributed by atoms with E-state index in [1.54, 1.807) is 48.7 Å². The molecular weight excluding hydrogens is 477 g/mol. The fourth-order valence-corrected chi connectivity index (χ4v) is 5.21. The minimum atomic E-state index is -3.81. The SMILES string of the molecule is COc1cccc(OC)c1-n1c(CS(=O)(=O)[C@H](C)[C@H](C)c2ncc(F)cn2)nnc1-c1ccco1. The Hall–Kier alpha value is -3.80. The number of ether oxygens (including phenoxy) is 2. The van der Waals surface area contributed by atoms with Crippen LogP contribution >= 0.6 is 0 Å². The number of sulfone groups is 1. The molecule has 10 nitrogen and oxygen atoms in total. The molecule has 0 aliphatic heterocycles. The lowest BCUT2D eigenvalue weighted by atomic mass is 10.1. The molecule has 0 amide bonds. The lowest BCUT2D eigenvalue weighted by Crippen LogP contribution is -2.27. The summed E-state index contributed by atoms with van der Waals surface area (Å²) in [6.45, 7) is 3.24. The van der Waals surface area contributed by atoms with Crippen LogP contribution in [-0.2, 0) is 15.6 Å². The van der Waals surface area contributed by atoms with Crippen LogP contribution in [0.25, 0.3) is 17.3 Å². The van der Waals surface area contributed by atoms with Crippen LogP contribution in [0.2, 0.25) is 0 Å². The van der Waals surface area contributed by atoms with E-state index in [4.69, 9.17) is 13.9 Å². The van der Waals surface area contributed by atoms with Crippen molar-refractivity contribution in [3.8, 4) is 28.8 Å². The van der Waals surface area contributed by atoms with Gasteiger partial charge in [-0.1, -0.05) is 13.0 Å². The molecule has 12 heteroatoms. The summed E-state index contributed by atoms with van der Waals surface area (Å²) in [5, 5.41) is 7.51. The highest BCUT2D eigenvalue weighted by molar-refractivity contribution is 7.91. The van der Waals surface area contributed by atoms with Crippen molar-refractivity contribution in [1.29, 1.82) is 0 Å². The smallest absolute Gasteiger partial charge is 0.204 e. The number of hydrogen-bond acceptors (Lipinski definition) is 9. The Morgan fingerprint density at radius 1 is 1.03 bits per heavy atom. The Kier molecular flexibility index (Phi) is 6.83. The first kappa shape index (κ1) is 24.3. The van der Waals surface area contributed by atoms with Gasteiger partial charge in [0.25, 0.3) is 0 Å². The molecule has 0 spiro atoms. The largest absolute Gasteiger partial charge is 0.494 e. The number of furan rings is 1. The van der Waals surface area contributed by atoms with Crippen LogP contribution in [-0.4, -0.2) is 52.6 Å². The van der Waals surface area contributed by atoms with Crippen molar-refractivity contribution in [2.45, 2.75) is 30.8 Å². The van der Waals surface area contributed by atoms with Crippen molar-refractivity contribution in [3.05, 3.63) is 66.5 Å². The van der Waals surface area contributed by atoms with Gasteiger partial charge in [0.2, 0.25) is 5.82 Å². The van der Waals surface area contributed by atoms with Gasteiger partial charge in [-0.25, -0.2) is 22.8 Å². The van der Waals surface area contributed by atoms with Gasteiger partial charge < -0.3 is 13.9 Å². The second kappa shape index (κ2) is 9.82. The number of methoxy groups -OCH3 is 2. The normalized spacial score (nSPS) is 13.4. The van der Waals surface area contributed by atoms with Crippen LogP contribution in [0, 0.1) is 5.82 Å². The van der Waals surface area contributed by atoms with Gasteiger partial charge in [0.15, 0.2) is 27.2 Å². The van der Waals surface area contributed by atoms with E-state index >= 15 is 0 Å². The number of benzene rings is 1. The molecule has 0 aliphatic carbocycles. The number of para-hydroxylation sites is 1. The maximum atomic E-state index is 13.5. The van der Waals surface area contributed by atoms with Gasteiger partial charge in [-0.3, -0.25) is 4.57 Å². The zero-order valence-electron chi connectivity index (χ0n) is 19.5. The van der Waals surface area contributed by atoms with Crippen LogP contribution in [0.4, 0.5) is 4.39 Å². The predicted molar refractivity (Wildman–Crippen MR) is 125 cm³/mol. The Labute approximate surface area is 201 Å². The van der Waals surface area contributed by atoms with E-state index < -0.39 is 32.6 Å². The third-order valence-electron chi connectivity index (χ3n) is 5.75. The van der Waals surface area contributed by atoms with E-state index in [1.807, 2.05) is 0 Å². The number of halogens is 1. The van der Waals surface area contributed by atoms with E-state index in [0.717, 1.165) is 12.4 Å². The highest BCUT2D eigenvalue weighted by Crippen LogP contribution is 2.37. The first-order valence-electron chi connectivity index (χ1n) is 10.6. The van der Waals surface area contributed by atoms with Gasteiger partial charge in [0.05, 0.1) is 38.1 Å². The maximum absolute atomic E-state index is 13.5. The molecule has 0 aliphatic rings. The molecule has 4 aromatic rings. The Morgan fingerprint density at radius 3 is 2.26 bits per heavy atom. The van der Waals surface area contributed by atoms with E-state index in [2.05, 4.69) is 20.2 Å². The summed E-state index contributed by atoms with van der Waals surface area (Å²) in [6, 6.07) is 8.58. The van der Waals surface area contributed by atoms with E-state index in [-0.39, 0.29) is 17.5 Å². The molecule has 35 heavy (non-hydrogen) atoms. The topological polar surface area (TPSA) is 122 Å². The molecule has 0 radical (unpaired) electrons. The Bertz CT molecular complexity index is 1380. The minimum absolute atomic E-state index is 0.137. The second-order valence-corrected chi connectivity index (χ2v) is 10.2. The van der Waals surface area contributed by atoms with Crippen molar-refractivity contribution < 1.29 is 26.7 Å². The minimum Gasteiger partial charge on any atom is -0.494 e. The molecule has 0 N–H and O–H groups in total. The summed E-state index contributed by atoms with van der Waals surface area (Å²) < 4.78 is 58.3. The summed E-state index contributed by atoms with van der Waals surface area (Å²) in [5.74, 6) is 0.247. The van der Waals surface area contributed by atoms with E-state index in [9.17, 15) is 12.8 Å². The molecule has 184 valence electrons. The molecule has 3 aromatic heterocycles. The van der Waals surface area contributed by atoms with Crippen molar-refractivity contribution in [2.24, 2.45) is 0 Å². The van der Waals surface area contributed by atoms with Crippen molar-refractivity contribution in [1.82, 2.24) is 24.7 Å². The molecule has 0 saturated heterocycles. The summed E-state index contributed by atoms with van der Waals surface area (Å²) in [4.78, 5) is 7.88. The fourth-order valence-electron chi connectivity index (χ4n) is 3.65. The van der Waals surface area contributed by atoms with Crippen LogP contribution in [0.1, 0.15) is 31.4 Å². The van der Waals surface area contributed by atoms with Crippen LogP contribution in [0.3, 0.4) is 0 Å². The van der Waals surface area contributed by atoms with Gasteiger partial charge >= 0.3 is 0 Å². The molecule has 1 aromatic carbocycles. The highest BCUT2D eigenvalue weighted by Gasteiger charge is 2.33. The number of nitrogens with zero attached hydrogens (tertiary/aromatic N) is 5. The Balaban J connectivity index is 1.80. The van der Waals surface area contributed by atoms with Gasteiger partial charge in [0, 0.05) is 5.92 Å². The van der Waals surface area contributed by atoms with E-state index in [0.29, 0.717) is 22.9 Å². The summed E-state index contributed by atoms with van der Waals surface area (Å²) in [7, 11) is -0.809. The monoisotopic (exact) mass is 501 g/mol. The maximum Gasteiger partial charge on any atom is 0.204 e. The van der Waals surface area contributed by atoms with Crippen molar-refractivity contribution in [3.63, 3.8) is 0 Å². The third kappa shape index (κ3) is 4.74. The summed E-state index contributed by atoms with van der Waals surface area (Å²) in [6.07, 6.45) is 3.51. The second-order valence-electron chi connectivity index (χ2n) is 7.82. The predicted octanol–water partition coefficient (Wildman–Crippen LogP) is 3.58. The molecule has 0 fully saturated rings. The summed E-state index contributed by atoms with van der Waals surface area (Å²) >= 11 is 0. The quantitative estimate of drug-likeness (QED) is 0.339. The fraction of sp³-hybridized carbons (Fsp3) is 0.304. The zero-order valence-corrected chi connectivity index (χ0v) is 20.4. The molecule has 0 saturated carbocycles. The number of hydrogen-bond donors (Lipinski definition) is 0. The zero-order chi connectivity index (χ0) is 25.2. The van der Waals surface area contributed by atoms with Crippen LogP contribution in [0.5, 0.6) is 11.5 Å². The lowest BCUT2D eigenvalue weighted by molar-refractivity contribution is 0.390. The van der Waals surface area contributed by atoms with Gasteiger partial charge in [0.1, 0.15) is 28.8 Å². The molecular formula is C23H24FN5O5S. The highest BCUT2D eigenvalue weighted by atomic mass is 32.2. The van der Waals surface area contributed by atoms with Gasteiger partial charge in [-0.05, 0) is 31.2 Å². The van der Waals surface area contributed by atoms with Crippen LogP contribution < -0.4 is 9.47 Å².